The SMILES string of the molecule is CC(C)(O)C(=O)N[C@H]1CCC[C@H](NC(=O)c2ccc(-c3cccc(F)c3)nc2)C1. The number of amides is 2. The lowest BCUT2D eigenvalue weighted by atomic mass is 9.90. The Labute approximate surface area is 169 Å². The molecule has 1 heterocycles. The van der Waals surface area contributed by atoms with Gasteiger partial charge in [0, 0.05) is 23.8 Å². The second kappa shape index (κ2) is 8.69. The summed E-state index contributed by atoms with van der Waals surface area (Å²) in [5.41, 5.74) is 0.237. The third-order valence-electron chi connectivity index (χ3n) is 5.05. The summed E-state index contributed by atoms with van der Waals surface area (Å²) < 4.78 is 13.4. The Hall–Kier alpha value is -2.80. The first-order valence-electron chi connectivity index (χ1n) is 9.78. The number of aromatic nitrogens is 1. The average molecular weight is 399 g/mol. The zero-order valence-electron chi connectivity index (χ0n) is 16.6. The quantitative estimate of drug-likeness (QED) is 0.721. The summed E-state index contributed by atoms with van der Waals surface area (Å²) in [6, 6.07) is 9.35. The second-order valence-corrected chi connectivity index (χ2v) is 8.01. The molecule has 0 bridgehead atoms. The molecule has 0 radical (unpaired) electrons. The Kier molecular flexibility index (Phi) is 6.27. The number of pyridine rings is 1. The normalized spacial score (nSPS) is 19.4. The number of aliphatic hydroxyl groups is 1. The van der Waals surface area contributed by atoms with Crippen molar-refractivity contribution in [3.8, 4) is 11.3 Å². The molecule has 0 spiro atoms. The van der Waals surface area contributed by atoms with E-state index in [1.165, 1.54) is 32.2 Å². The average Bonchev–Trinajstić information content (AvgIpc) is 2.67. The van der Waals surface area contributed by atoms with Gasteiger partial charge in [-0.2, -0.15) is 0 Å². The van der Waals surface area contributed by atoms with Gasteiger partial charge in [-0.15, -0.1) is 0 Å². The van der Waals surface area contributed by atoms with Gasteiger partial charge in [-0.05, 0) is 63.8 Å². The zero-order valence-corrected chi connectivity index (χ0v) is 16.6. The van der Waals surface area contributed by atoms with E-state index in [2.05, 4.69) is 15.6 Å². The summed E-state index contributed by atoms with van der Waals surface area (Å²) in [7, 11) is 0. The lowest BCUT2D eigenvalue weighted by molar-refractivity contribution is -0.137. The van der Waals surface area contributed by atoms with E-state index < -0.39 is 11.5 Å². The van der Waals surface area contributed by atoms with Crippen LogP contribution >= 0.6 is 0 Å². The summed E-state index contributed by atoms with van der Waals surface area (Å²) in [4.78, 5) is 28.8. The molecule has 1 aromatic carbocycles. The molecule has 29 heavy (non-hydrogen) atoms. The number of hydrogen-bond acceptors (Lipinski definition) is 4. The molecule has 0 saturated heterocycles. The van der Waals surface area contributed by atoms with Crippen LogP contribution in [0.15, 0.2) is 42.6 Å². The van der Waals surface area contributed by atoms with Gasteiger partial charge < -0.3 is 15.7 Å². The van der Waals surface area contributed by atoms with Crippen molar-refractivity contribution >= 4 is 11.8 Å². The Morgan fingerprint density at radius 1 is 1.14 bits per heavy atom. The van der Waals surface area contributed by atoms with Crippen molar-refractivity contribution in [3.63, 3.8) is 0 Å². The number of carbonyl (C=O) groups excluding carboxylic acids is 2. The van der Waals surface area contributed by atoms with Crippen LogP contribution in [0, 0.1) is 5.82 Å². The molecule has 1 saturated carbocycles. The van der Waals surface area contributed by atoms with Gasteiger partial charge in [-0.1, -0.05) is 12.1 Å². The highest BCUT2D eigenvalue weighted by Gasteiger charge is 2.29. The molecular formula is C22H26FN3O3. The molecule has 7 heteroatoms. The third-order valence-corrected chi connectivity index (χ3v) is 5.05. The van der Waals surface area contributed by atoms with Crippen molar-refractivity contribution in [2.75, 3.05) is 0 Å². The minimum Gasteiger partial charge on any atom is -0.381 e. The molecule has 1 aliphatic rings. The topological polar surface area (TPSA) is 91.3 Å². The Morgan fingerprint density at radius 2 is 1.86 bits per heavy atom. The highest BCUT2D eigenvalue weighted by atomic mass is 19.1. The van der Waals surface area contributed by atoms with Gasteiger partial charge in [0.2, 0.25) is 0 Å². The molecule has 2 amide bonds. The number of hydrogen-bond donors (Lipinski definition) is 3. The summed E-state index contributed by atoms with van der Waals surface area (Å²) in [6.45, 7) is 2.90. The van der Waals surface area contributed by atoms with Gasteiger partial charge in [-0.3, -0.25) is 14.6 Å². The fourth-order valence-electron chi connectivity index (χ4n) is 3.43. The molecule has 154 valence electrons. The molecule has 0 unspecified atom stereocenters. The smallest absolute Gasteiger partial charge is 0.253 e. The molecule has 2 atom stereocenters. The van der Waals surface area contributed by atoms with Gasteiger partial charge >= 0.3 is 0 Å². The Balaban J connectivity index is 1.59. The van der Waals surface area contributed by atoms with Crippen LogP contribution < -0.4 is 10.6 Å². The lowest BCUT2D eigenvalue weighted by Gasteiger charge is -2.31. The van der Waals surface area contributed by atoms with Crippen LogP contribution in [0.3, 0.4) is 0 Å². The van der Waals surface area contributed by atoms with Crippen LogP contribution in [0.2, 0.25) is 0 Å². The first kappa shape index (κ1) is 20.9. The largest absolute Gasteiger partial charge is 0.381 e. The van der Waals surface area contributed by atoms with Crippen molar-refractivity contribution < 1.29 is 19.1 Å². The van der Waals surface area contributed by atoms with E-state index in [1.54, 1.807) is 24.3 Å². The van der Waals surface area contributed by atoms with E-state index >= 15 is 0 Å². The molecule has 1 fully saturated rings. The van der Waals surface area contributed by atoms with E-state index in [1.807, 2.05) is 0 Å². The van der Waals surface area contributed by atoms with Gasteiger partial charge in [0.25, 0.3) is 11.8 Å². The van der Waals surface area contributed by atoms with Crippen LogP contribution in [-0.4, -0.2) is 39.6 Å². The molecule has 3 rings (SSSR count). The molecule has 2 aromatic rings. The summed E-state index contributed by atoms with van der Waals surface area (Å²) in [5, 5.41) is 15.6. The van der Waals surface area contributed by atoms with Gasteiger partial charge in [0.05, 0.1) is 11.3 Å². The van der Waals surface area contributed by atoms with Gasteiger partial charge in [0.1, 0.15) is 11.4 Å². The summed E-state index contributed by atoms with van der Waals surface area (Å²) in [5.74, 6) is -0.982. The van der Waals surface area contributed by atoms with Crippen LogP contribution in [0.1, 0.15) is 49.9 Å². The van der Waals surface area contributed by atoms with E-state index in [0.717, 1.165) is 19.3 Å². The number of benzene rings is 1. The first-order valence-corrected chi connectivity index (χ1v) is 9.78. The highest BCUT2D eigenvalue weighted by molar-refractivity contribution is 5.94. The molecule has 0 aliphatic heterocycles. The van der Waals surface area contributed by atoms with Gasteiger partial charge in [0.15, 0.2) is 0 Å². The third kappa shape index (κ3) is 5.60. The summed E-state index contributed by atoms with van der Waals surface area (Å²) in [6.07, 6.45) is 4.61. The number of carbonyl (C=O) groups is 2. The number of halogens is 1. The molecular weight excluding hydrogens is 373 g/mol. The monoisotopic (exact) mass is 399 g/mol. The zero-order chi connectivity index (χ0) is 21.0. The Morgan fingerprint density at radius 3 is 2.48 bits per heavy atom. The highest BCUT2D eigenvalue weighted by Crippen LogP contribution is 2.21. The number of nitrogens with zero attached hydrogens (tertiary/aromatic N) is 1. The van der Waals surface area contributed by atoms with Crippen molar-refractivity contribution in [1.29, 1.82) is 0 Å². The first-order chi connectivity index (χ1) is 13.7. The van der Waals surface area contributed by atoms with E-state index in [4.69, 9.17) is 0 Å². The van der Waals surface area contributed by atoms with Crippen molar-refractivity contribution in [1.82, 2.24) is 15.6 Å². The van der Waals surface area contributed by atoms with Gasteiger partial charge in [-0.25, -0.2) is 4.39 Å². The lowest BCUT2D eigenvalue weighted by Crippen LogP contribution is -2.50. The number of nitrogens with one attached hydrogen (secondary N) is 2. The van der Waals surface area contributed by atoms with Crippen LogP contribution in [-0.2, 0) is 4.79 Å². The van der Waals surface area contributed by atoms with Crippen molar-refractivity contribution in [2.24, 2.45) is 0 Å². The molecule has 3 N–H and O–H groups in total. The maximum atomic E-state index is 13.4. The Bertz CT molecular complexity index is 878. The fourth-order valence-corrected chi connectivity index (χ4v) is 3.43. The van der Waals surface area contributed by atoms with Crippen molar-refractivity contribution in [3.05, 3.63) is 54.0 Å². The predicted molar refractivity (Wildman–Crippen MR) is 108 cm³/mol. The molecule has 1 aromatic heterocycles. The van der Waals surface area contributed by atoms with E-state index in [9.17, 15) is 19.1 Å². The fraction of sp³-hybridized carbons (Fsp3) is 0.409. The minimum atomic E-state index is -1.43. The van der Waals surface area contributed by atoms with E-state index in [0.29, 0.717) is 23.2 Å². The number of rotatable bonds is 5. The van der Waals surface area contributed by atoms with Crippen molar-refractivity contribution in [2.45, 2.75) is 57.2 Å². The maximum absolute atomic E-state index is 13.4. The van der Waals surface area contributed by atoms with Crippen LogP contribution in [0.25, 0.3) is 11.3 Å². The molecule has 6 nitrogen and oxygen atoms in total. The molecule has 1 aliphatic carbocycles. The van der Waals surface area contributed by atoms with E-state index in [-0.39, 0.29) is 23.8 Å². The minimum absolute atomic E-state index is 0.0637. The van der Waals surface area contributed by atoms with Crippen LogP contribution in [0.4, 0.5) is 4.39 Å². The second-order valence-electron chi connectivity index (χ2n) is 8.01. The predicted octanol–water partition coefficient (Wildman–Crippen LogP) is 2.82. The standard InChI is InChI=1S/C22H26FN3O3/c1-22(2,29)21(28)26-18-8-4-7-17(12-18)25-20(27)15-9-10-19(24-13-15)14-5-3-6-16(23)11-14/h3,5-6,9-11,13,17-18,29H,4,7-8,12H2,1-2H3,(H,25,27)(H,26,28)/t17-,18-/m0/s1. The summed E-state index contributed by atoms with van der Waals surface area (Å²) >= 11 is 0. The van der Waals surface area contributed by atoms with Crippen LogP contribution in [0.5, 0.6) is 0 Å². The maximum Gasteiger partial charge on any atom is 0.253 e.